The third-order valence-electron chi connectivity index (χ3n) is 4.24. The molecule has 132 valence electrons. The molecule has 25 heavy (non-hydrogen) atoms. The average molecular weight is 342 g/mol. The number of benzene rings is 2. The first kappa shape index (κ1) is 18.4. The van der Waals surface area contributed by atoms with E-state index in [2.05, 4.69) is 0 Å². The molecule has 0 spiro atoms. The van der Waals surface area contributed by atoms with Crippen LogP contribution in [0.15, 0.2) is 48.5 Å². The average Bonchev–Trinajstić information content (AvgIpc) is 2.65. The maximum atomic E-state index is 12.4. The van der Waals surface area contributed by atoms with Crippen LogP contribution in [-0.2, 0) is 11.2 Å². The highest BCUT2D eigenvalue weighted by atomic mass is 16.6. The van der Waals surface area contributed by atoms with E-state index in [9.17, 15) is 14.9 Å². The topological polar surface area (TPSA) is 72.7 Å². The Balaban J connectivity index is 2.04. The molecular weight excluding hydrogens is 320 g/mol. The van der Waals surface area contributed by atoms with E-state index in [1.807, 2.05) is 38.1 Å². The van der Waals surface area contributed by atoms with Crippen LogP contribution in [0.5, 0.6) is 5.75 Å². The standard InChI is InChI=1S/C19H22N2O4/c1-4-15-8-5-6-11-18(15)25-13-19(22)20(3)14(2)16-9-7-10-17(12-16)21(23)24/h5-12,14H,4,13H2,1-3H3. The summed E-state index contributed by atoms with van der Waals surface area (Å²) < 4.78 is 5.66. The van der Waals surface area contributed by atoms with Gasteiger partial charge in [-0.2, -0.15) is 0 Å². The number of nitro benzene ring substituents is 1. The molecule has 0 N–H and O–H groups in total. The molecular formula is C19H22N2O4. The number of nitrogens with zero attached hydrogens (tertiary/aromatic N) is 2. The Bertz CT molecular complexity index is 761. The molecule has 2 aromatic rings. The molecule has 0 radical (unpaired) electrons. The summed E-state index contributed by atoms with van der Waals surface area (Å²) >= 11 is 0. The van der Waals surface area contributed by atoms with Crippen molar-refractivity contribution in [3.05, 3.63) is 69.8 Å². The third-order valence-corrected chi connectivity index (χ3v) is 4.24. The summed E-state index contributed by atoms with van der Waals surface area (Å²) in [6.07, 6.45) is 0.824. The molecule has 2 rings (SSSR count). The number of hydrogen-bond donors (Lipinski definition) is 0. The van der Waals surface area contributed by atoms with Crippen LogP contribution in [0.3, 0.4) is 0 Å². The van der Waals surface area contributed by atoms with Gasteiger partial charge in [-0.1, -0.05) is 37.3 Å². The molecule has 0 fully saturated rings. The summed E-state index contributed by atoms with van der Waals surface area (Å²) in [5.74, 6) is 0.514. The van der Waals surface area contributed by atoms with Crippen LogP contribution in [0.2, 0.25) is 0 Å². The number of hydrogen-bond acceptors (Lipinski definition) is 4. The second-order valence-corrected chi connectivity index (χ2v) is 5.78. The monoisotopic (exact) mass is 342 g/mol. The van der Waals surface area contributed by atoms with Crippen molar-refractivity contribution >= 4 is 11.6 Å². The quantitative estimate of drug-likeness (QED) is 0.567. The maximum absolute atomic E-state index is 12.4. The number of ether oxygens (including phenoxy) is 1. The fourth-order valence-electron chi connectivity index (χ4n) is 2.52. The number of likely N-dealkylation sites (N-methyl/N-ethyl adjacent to an activating group) is 1. The Morgan fingerprint density at radius 2 is 1.96 bits per heavy atom. The molecule has 6 heteroatoms. The van der Waals surface area contributed by atoms with E-state index in [1.165, 1.54) is 17.0 Å². The second kappa shape index (κ2) is 8.28. The molecule has 1 atom stereocenters. The molecule has 1 amide bonds. The van der Waals surface area contributed by atoms with Gasteiger partial charge >= 0.3 is 0 Å². The summed E-state index contributed by atoms with van der Waals surface area (Å²) in [6, 6.07) is 13.6. The predicted octanol–water partition coefficient (Wildman–Crippen LogP) is 3.76. The minimum atomic E-state index is -0.442. The van der Waals surface area contributed by atoms with E-state index in [4.69, 9.17) is 4.74 Å². The zero-order valence-corrected chi connectivity index (χ0v) is 14.6. The number of carbonyl (C=O) groups excluding carboxylic acids is 1. The number of carbonyl (C=O) groups is 1. The Morgan fingerprint density at radius 1 is 1.24 bits per heavy atom. The Hall–Kier alpha value is -2.89. The molecule has 1 unspecified atom stereocenters. The smallest absolute Gasteiger partial charge is 0.269 e. The lowest BCUT2D eigenvalue weighted by Gasteiger charge is -2.25. The normalized spacial score (nSPS) is 11.6. The minimum absolute atomic E-state index is 0.0123. The highest BCUT2D eigenvalue weighted by Gasteiger charge is 2.20. The maximum Gasteiger partial charge on any atom is 0.269 e. The van der Waals surface area contributed by atoms with Gasteiger partial charge in [0.2, 0.25) is 0 Å². The van der Waals surface area contributed by atoms with Gasteiger partial charge in [-0.15, -0.1) is 0 Å². The first-order valence-electron chi connectivity index (χ1n) is 8.14. The van der Waals surface area contributed by atoms with Crippen LogP contribution in [-0.4, -0.2) is 29.4 Å². The van der Waals surface area contributed by atoms with Crippen molar-refractivity contribution in [2.24, 2.45) is 0 Å². The van der Waals surface area contributed by atoms with Crippen molar-refractivity contribution in [3.63, 3.8) is 0 Å². The summed E-state index contributed by atoms with van der Waals surface area (Å²) in [6.45, 7) is 3.78. The molecule has 0 heterocycles. The largest absolute Gasteiger partial charge is 0.483 e. The molecule has 2 aromatic carbocycles. The van der Waals surface area contributed by atoms with Gasteiger partial charge in [-0.3, -0.25) is 14.9 Å². The molecule has 0 aliphatic carbocycles. The lowest BCUT2D eigenvalue weighted by Crippen LogP contribution is -2.33. The van der Waals surface area contributed by atoms with Gasteiger partial charge in [0.05, 0.1) is 11.0 Å². The molecule has 0 aliphatic rings. The Kier molecular flexibility index (Phi) is 6.11. The van der Waals surface area contributed by atoms with Crippen LogP contribution in [0.4, 0.5) is 5.69 Å². The fourth-order valence-corrected chi connectivity index (χ4v) is 2.52. The molecule has 0 bridgehead atoms. The van der Waals surface area contributed by atoms with Gasteiger partial charge in [0.15, 0.2) is 6.61 Å². The SMILES string of the molecule is CCc1ccccc1OCC(=O)N(C)C(C)c1cccc([N+](=O)[O-])c1. The van der Waals surface area contributed by atoms with Crippen molar-refractivity contribution in [1.82, 2.24) is 4.90 Å². The number of para-hydroxylation sites is 1. The molecule has 0 saturated carbocycles. The van der Waals surface area contributed by atoms with E-state index in [0.717, 1.165) is 12.0 Å². The van der Waals surface area contributed by atoms with E-state index >= 15 is 0 Å². The van der Waals surface area contributed by atoms with Crippen LogP contribution in [0, 0.1) is 10.1 Å². The molecule has 0 aromatic heterocycles. The van der Waals surface area contributed by atoms with Crippen molar-refractivity contribution in [2.45, 2.75) is 26.3 Å². The van der Waals surface area contributed by atoms with Gasteiger partial charge in [-0.05, 0) is 30.5 Å². The van der Waals surface area contributed by atoms with Gasteiger partial charge in [0.1, 0.15) is 5.75 Å². The number of nitro groups is 1. The van der Waals surface area contributed by atoms with Crippen LogP contribution < -0.4 is 4.74 Å². The van der Waals surface area contributed by atoms with Gasteiger partial charge in [-0.25, -0.2) is 0 Å². The van der Waals surface area contributed by atoms with E-state index in [0.29, 0.717) is 11.3 Å². The van der Waals surface area contributed by atoms with E-state index in [-0.39, 0.29) is 24.2 Å². The zero-order chi connectivity index (χ0) is 18.4. The number of non-ortho nitro benzene ring substituents is 1. The lowest BCUT2D eigenvalue weighted by molar-refractivity contribution is -0.384. The van der Waals surface area contributed by atoms with Crippen molar-refractivity contribution in [3.8, 4) is 5.75 Å². The summed E-state index contributed by atoms with van der Waals surface area (Å²) in [4.78, 5) is 24.4. The zero-order valence-electron chi connectivity index (χ0n) is 14.6. The van der Waals surface area contributed by atoms with E-state index in [1.54, 1.807) is 19.2 Å². The number of aryl methyl sites for hydroxylation is 1. The predicted molar refractivity (Wildman–Crippen MR) is 95.6 cm³/mol. The Labute approximate surface area is 147 Å². The summed E-state index contributed by atoms with van der Waals surface area (Å²) in [7, 11) is 1.67. The second-order valence-electron chi connectivity index (χ2n) is 5.78. The molecule has 0 aliphatic heterocycles. The first-order valence-corrected chi connectivity index (χ1v) is 8.14. The highest BCUT2D eigenvalue weighted by Crippen LogP contribution is 2.23. The fraction of sp³-hybridized carbons (Fsp3) is 0.316. The van der Waals surface area contributed by atoms with Crippen LogP contribution in [0.25, 0.3) is 0 Å². The lowest BCUT2D eigenvalue weighted by atomic mass is 10.1. The van der Waals surface area contributed by atoms with Crippen LogP contribution >= 0.6 is 0 Å². The van der Waals surface area contributed by atoms with Crippen molar-refractivity contribution in [2.75, 3.05) is 13.7 Å². The molecule has 6 nitrogen and oxygen atoms in total. The van der Waals surface area contributed by atoms with Gasteiger partial charge in [0.25, 0.3) is 11.6 Å². The summed E-state index contributed by atoms with van der Waals surface area (Å²) in [5, 5.41) is 10.9. The minimum Gasteiger partial charge on any atom is -0.483 e. The van der Waals surface area contributed by atoms with Gasteiger partial charge in [0, 0.05) is 19.2 Å². The van der Waals surface area contributed by atoms with Gasteiger partial charge < -0.3 is 9.64 Å². The first-order chi connectivity index (χ1) is 11.9. The summed E-state index contributed by atoms with van der Waals surface area (Å²) in [5.41, 5.74) is 1.77. The molecule has 0 saturated heterocycles. The Morgan fingerprint density at radius 3 is 2.64 bits per heavy atom. The highest BCUT2D eigenvalue weighted by molar-refractivity contribution is 5.78. The number of amides is 1. The van der Waals surface area contributed by atoms with E-state index < -0.39 is 4.92 Å². The van der Waals surface area contributed by atoms with Crippen molar-refractivity contribution < 1.29 is 14.5 Å². The van der Waals surface area contributed by atoms with Crippen molar-refractivity contribution in [1.29, 1.82) is 0 Å². The van der Waals surface area contributed by atoms with Crippen LogP contribution in [0.1, 0.15) is 31.0 Å². The number of rotatable bonds is 7. The third kappa shape index (κ3) is 4.56.